The molecule has 0 spiro atoms. The first-order valence-corrected chi connectivity index (χ1v) is 10.4. The molecule has 1 aliphatic rings. The van der Waals surface area contributed by atoms with E-state index in [0.717, 1.165) is 18.0 Å². The van der Waals surface area contributed by atoms with Crippen LogP contribution in [-0.2, 0) is 21.7 Å². The molecule has 9 heteroatoms. The van der Waals surface area contributed by atoms with Crippen molar-refractivity contribution in [2.75, 3.05) is 25.4 Å². The second kappa shape index (κ2) is 7.77. The number of piperazine rings is 1. The van der Waals surface area contributed by atoms with E-state index in [1.165, 1.54) is 12.1 Å². The summed E-state index contributed by atoms with van der Waals surface area (Å²) in [5.74, 6) is -1.02. The van der Waals surface area contributed by atoms with Gasteiger partial charge in [-0.05, 0) is 24.3 Å². The van der Waals surface area contributed by atoms with Crippen LogP contribution in [0, 0.1) is 11.7 Å². The van der Waals surface area contributed by atoms with Gasteiger partial charge in [-0.15, -0.1) is 0 Å². The van der Waals surface area contributed by atoms with Gasteiger partial charge in [0, 0.05) is 45.0 Å². The quantitative estimate of drug-likeness (QED) is 0.769. The molecule has 1 amide bonds. The van der Waals surface area contributed by atoms with Gasteiger partial charge >= 0.3 is 0 Å². The summed E-state index contributed by atoms with van der Waals surface area (Å²) in [4.78, 5) is 19.1. The molecule has 2 unspecified atom stereocenters. The van der Waals surface area contributed by atoms with Gasteiger partial charge in [0.2, 0.25) is 5.91 Å². The SMILES string of the molecule is CC(CS(=O)(=O)c1ccc(F)cc1)C(=O)N1CCNCC1c1nccn1C. The van der Waals surface area contributed by atoms with Gasteiger partial charge in [-0.3, -0.25) is 4.79 Å². The fourth-order valence-electron chi connectivity index (χ4n) is 3.32. The first-order valence-electron chi connectivity index (χ1n) is 8.76. The number of nitrogens with zero attached hydrogens (tertiary/aromatic N) is 3. The highest BCUT2D eigenvalue weighted by atomic mass is 32.2. The first kappa shape index (κ1) is 19.5. The number of aryl methyl sites for hydroxylation is 1. The lowest BCUT2D eigenvalue weighted by atomic mass is 10.1. The summed E-state index contributed by atoms with van der Waals surface area (Å²) in [5.41, 5.74) is 0. The maximum absolute atomic E-state index is 13.0. The number of carbonyl (C=O) groups is 1. The largest absolute Gasteiger partial charge is 0.336 e. The van der Waals surface area contributed by atoms with E-state index >= 15 is 0 Å². The van der Waals surface area contributed by atoms with Crippen LogP contribution in [0.5, 0.6) is 0 Å². The fourth-order valence-corrected chi connectivity index (χ4v) is 4.86. The number of hydrogen-bond donors (Lipinski definition) is 1. The van der Waals surface area contributed by atoms with Gasteiger partial charge in [-0.2, -0.15) is 0 Å². The van der Waals surface area contributed by atoms with Crippen molar-refractivity contribution in [2.45, 2.75) is 17.9 Å². The number of rotatable bonds is 5. The Balaban J connectivity index is 1.77. The molecular formula is C18H23FN4O3S. The van der Waals surface area contributed by atoms with Crippen LogP contribution in [0.15, 0.2) is 41.6 Å². The van der Waals surface area contributed by atoms with Crippen molar-refractivity contribution in [3.05, 3.63) is 48.3 Å². The zero-order valence-corrected chi connectivity index (χ0v) is 16.1. The Bertz CT molecular complexity index is 911. The number of imidazole rings is 1. The zero-order chi connectivity index (χ0) is 19.6. The van der Waals surface area contributed by atoms with Crippen molar-refractivity contribution >= 4 is 15.7 Å². The third-order valence-electron chi connectivity index (χ3n) is 4.75. The Morgan fingerprint density at radius 2 is 2.07 bits per heavy atom. The summed E-state index contributed by atoms with van der Waals surface area (Å²) in [6.07, 6.45) is 3.49. The highest BCUT2D eigenvalue weighted by molar-refractivity contribution is 7.91. The molecule has 1 N–H and O–H groups in total. The standard InChI is InChI=1S/C18H23FN4O3S/c1-13(12-27(25,26)15-5-3-14(19)4-6-15)18(24)23-10-7-20-11-16(23)17-21-8-9-22(17)2/h3-6,8-9,13,16,20H,7,10-12H2,1-2H3. The Hall–Kier alpha value is -2.26. The van der Waals surface area contributed by atoms with Crippen molar-refractivity contribution in [3.8, 4) is 0 Å². The van der Waals surface area contributed by atoms with E-state index in [2.05, 4.69) is 10.3 Å². The normalized spacial score (nSPS) is 19.1. The highest BCUT2D eigenvalue weighted by Gasteiger charge is 2.34. The van der Waals surface area contributed by atoms with Crippen molar-refractivity contribution in [3.63, 3.8) is 0 Å². The maximum Gasteiger partial charge on any atom is 0.227 e. The average molecular weight is 394 g/mol. The summed E-state index contributed by atoms with van der Waals surface area (Å²) in [6, 6.07) is 4.41. The van der Waals surface area contributed by atoms with E-state index in [1.807, 2.05) is 17.8 Å². The third kappa shape index (κ3) is 4.19. The Kier molecular flexibility index (Phi) is 5.61. The lowest BCUT2D eigenvalue weighted by Crippen LogP contribution is -2.51. The minimum absolute atomic E-state index is 0.0181. The molecule has 3 rings (SSSR count). The molecule has 7 nitrogen and oxygen atoms in total. The third-order valence-corrected chi connectivity index (χ3v) is 6.68. The number of nitrogens with one attached hydrogen (secondary N) is 1. The van der Waals surface area contributed by atoms with Crippen LogP contribution in [0.4, 0.5) is 4.39 Å². The van der Waals surface area contributed by atoms with Gasteiger partial charge < -0.3 is 14.8 Å². The van der Waals surface area contributed by atoms with Crippen LogP contribution in [0.2, 0.25) is 0 Å². The average Bonchev–Trinajstić information content (AvgIpc) is 3.07. The van der Waals surface area contributed by atoms with Crippen LogP contribution in [-0.4, -0.2) is 54.2 Å². The van der Waals surface area contributed by atoms with Gasteiger partial charge in [-0.1, -0.05) is 6.92 Å². The molecule has 2 aromatic rings. The smallest absolute Gasteiger partial charge is 0.227 e. The van der Waals surface area contributed by atoms with E-state index in [1.54, 1.807) is 18.0 Å². The summed E-state index contributed by atoms with van der Waals surface area (Å²) < 4.78 is 40.1. The van der Waals surface area contributed by atoms with Gasteiger partial charge in [-0.25, -0.2) is 17.8 Å². The van der Waals surface area contributed by atoms with Crippen LogP contribution in [0.3, 0.4) is 0 Å². The molecule has 1 aliphatic heterocycles. The number of hydrogen-bond acceptors (Lipinski definition) is 5. The van der Waals surface area contributed by atoms with Crippen LogP contribution in [0.25, 0.3) is 0 Å². The molecule has 2 atom stereocenters. The zero-order valence-electron chi connectivity index (χ0n) is 15.3. The molecule has 0 saturated carbocycles. The van der Waals surface area contributed by atoms with Crippen LogP contribution in [0.1, 0.15) is 18.8 Å². The van der Waals surface area contributed by atoms with E-state index in [0.29, 0.717) is 19.6 Å². The summed E-state index contributed by atoms with van der Waals surface area (Å²) in [5, 5.41) is 3.25. The van der Waals surface area contributed by atoms with Gasteiger partial charge in [0.15, 0.2) is 9.84 Å². The summed E-state index contributed by atoms with van der Waals surface area (Å²) in [7, 11) is -1.83. The number of amides is 1. The molecule has 0 radical (unpaired) electrons. The van der Waals surface area contributed by atoms with E-state index in [-0.39, 0.29) is 22.6 Å². The topological polar surface area (TPSA) is 84.3 Å². The van der Waals surface area contributed by atoms with Gasteiger partial charge in [0.05, 0.1) is 10.6 Å². The Morgan fingerprint density at radius 1 is 1.37 bits per heavy atom. The predicted octanol–water partition coefficient (Wildman–Crippen LogP) is 1.14. The maximum atomic E-state index is 13.0. The number of aromatic nitrogens is 2. The van der Waals surface area contributed by atoms with E-state index in [9.17, 15) is 17.6 Å². The highest BCUT2D eigenvalue weighted by Crippen LogP contribution is 2.24. The van der Waals surface area contributed by atoms with Crippen molar-refractivity contribution in [1.82, 2.24) is 19.8 Å². The second-order valence-corrected chi connectivity index (χ2v) is 8.82. The number of benzene rings is 1. The Morgan fingerprint density at radius 3 is 2.70 bits per heavy atom. The molecule has 1 fully saturated rings. The number of halogens is 1. The van der Waals surface area contributed by atoms with Crippen molar-refractivity contribution in [2.24, 2.45) is 13.0 Å². The van der Waals surface area contributed by atoms with Crippen molar-refractivity contribution < 1.29 is 17.6 Å². The molecule has 1 aromatic carbocycles. The summed E-state index contributed by atoms with van der Waals surface area (Å²) in [6.45, 7) is 3.30. The molecule has 2 heterocycles. The van der Waals surface area contributed by atoms with Gasteiger partial charge in [0.1, 0.15) is 17.7 Å². The molecule has 1 aromatic heterocycles. The number of sulfone groups is 1. The monoisotopic (exact) mass is 394 g/mol. The fraction of sp³-hybridized carbons (Fsp3) is 0.444. The lowest BCUT2D eigenvalue weighted by Gasteiger charge is -2.37. The molecular weight excluding hydrogens is 371 g/mol. The lowest BCUT2D eigenvalue weighted by molar-refractivity contribution is -0.138. The van der Waals surface area contributed by atoms with E-state index in [4.69, 9.17) is 0 Å². The predicted molar refractivity (Wildman–Crippen MR) is 98.1 cm³/mol. The molecule has 0 aliphatic carbocycles. The van der Waals surface area contributed by atoms with Crippen LogP contribution >= 0.6 is 0 Å². The first-order chi connectivity index (χ1) is 12.8. The molecule has 146 valence electrons. The Labute approximate surface area is 158 Å². The molecule has 27 heavy (non-hydrogen) atoms. The minimum atomic E-state index is -3.69. The van der Waals surface area contributed by atoms with Gasteiger partial charge in [0.25, 0.3) is 0 Å². The van der Waals surface area contributed by atoms with E-state index < -0.39 is 21.6 Å². The minimum Gasteiger partial charge on any atom is -0.336 e. The molecule has 0 bridgehead atoms. The summed E-state index contributed by atoms with van der Waals surface area (Å²) >= 11 is 0. The number of carbonyl (C=O) groups excluding carboxylic acids is 1. The molecule has 1 saturated heterocycles. The van der Waals surface area contributed by atoms with Crippen molar-refractivity contribution in [1.29, 1.82) is 0 Å². The van der Waals surface area contributed by atoms with Crippen LogP contribution < -0.4 is 5.32 Å². The second-order valence-electron chi connectivity index (χ2n) is 6.78.